The second-order valence-corrected chi connectivity index (χ2v) is 5.63. The molecule has 106 valence electrons. The molecule has 0 N–H and O–H groups in total. The van der Waals surface area contributed by atoms with Crippen molar-refractivity contribution in [2.45, 2.75) is 84.0 Å². The van der Waals surface area contributed by atoms with E-state index < -0.39 is 0 Å². The summed E-state index contributed by atoms with van der Waals surface area (Å²) in [5.41, 5.74) is 0. The fourth-order valence-corrected chi connectivity index (χ4v) is 2.91. The third-order valence-electron chi connectivity index (χ3n) is 3.99. The van der Waals surface area contributed by atoms with E-state index >= 15 is 0 Å². The number of carbonyl (C=O) groups is 1. The van der Waals surface area contributed by atoms with Crippen LogP contribution in [-0.4, -0.2) is 12.6 Å². The Morgan fingerprint density at radius 1 is 0.889 bits per heavy atom. The topological polar surface area (TPSA) is 26.3 Å². The first-order chi connectivity index (χ1) is 8.83. The molecule has 18 heavy (non-hydrogen) atoms. The summed E-state index contributed by atoms with van der Waals surface area (Å²) in [4.78, 5) is 11.1. The minimum absolute atomic E-state index is 0.00981. The fraction of sp³-hybridized carbons (Fsp3) is 0.938. The quantitative estimate of drug-likeness (QED) is 0.672. The zero-order chi connectivity index (χ0) is 13.1. The molecule has 0 atom stereocenters. The van der Waals surface area contributed by atoms with E-state index in [-0.39, 0.29) is 5.97 Å². The van der Waals surface area contributed by atoms with Gasteiger partial charge in [0.15, 0.2) is 0 Å². The Balaban J connectivity index is 0.000000225. The van der Waals surface area contributed by atoms with Gasteiger partial charge in [-0.1, -0.05) is 57.8 Å². The molecule has 0 aromatic rings. The Morgan fingerprint density at radius 3 is 1.78 bits per heavy atom. The van der Waals surface area contributed by atoms with Crippen LogP contribution in [0.25, 0.3) is 0 Å². The zero-order valence-corrected chi connectivity index (χ0v) is 12.1. The standard InChI is InChI=1S/C10H18O2.C6H12/c1-2-12-10(11)8-9-6-4-3-5-7-9;1-2-4-6-5-3-1/h9H,2-8H2,1H3;1-6H2. The Morgan fingerprint density at radius 2 is 1.33 bits per heavy atom. The summed E-state index contributed by atoms with van der Waals surface area (Å²) in [6.45, 7) is 2.38. The molecule has 0 unspecified atom stereocenters. The van der Waals surface area contributed by atoms with E-state index in [1.807, 2.05) is 6.92 Å². The Kier molecular flexibility index (Phi) is 8.97. The van der Waals surface area contributed by atoms with Crippen LogP contribution >= 0.6 is 0 Å². The van der Waals surface area contributed by atoms with Crippen LogP contribution in [0.15, 0.2) is 0 Å². The minimum Gasteiger partial charge on any atom is -0.466 e. The van der Waals surface area contributed by atoms with Crippen molar-refractivity contribution >= 4 is 5.97 Å². The summed E-state index contributed by atoms with van der Waals surface area (Å²) < 4.78 is 4.91. The molecule has 0 heterocycles. The van der Waals surface area contributed by atoms with E-state index in [0.717, 1.165) is 0 Å². The highest BCUT2D eigenvalue weighted by atomic mass is 16.5. The van der Waals surface area contributed by atoms with Crippen LogP contribution in [0.3, 0.4) is 0 Å². The van der Waals surface area contributed by atoms with Gasteiger partial charge in [0.2, 0.25) is 0 Å². The molecule has 2 heteroatoms. The number of carbonyl (C=O) groups excluding carboxylic acids is 1. The first-order valence-electron chi connectivity index (χ1n) is 7.98. The van der Waals surface area contributed by atoms with Crippen molar-refractivity contribution in [1.29, 1.82) is 0 Å². The van der Waals surface area contributed by atoms with Crippen LogP contribution in [0.2, 0.25) is 0 Å². The molecule has 2 aliphatic rings. The first kappa shape index (κ1) is 15.5. The summed E-state index contributed by atoms with van der Waals surface area (Å²) in [6, 6.07) is 0. The average Bonchev–Trinajstić information content (AvgIpc) is 2.43. The monoisotopic (exact) mass is 254 g/mol. The average molecular weight is 254 g/mol. The van der Waals surface area contributed by atoms with Crippen molar-refractivity contribution in [2.24, 2.45) is 5.92 Å². The summed E-state index contributed by atoms with van der Waals surface area (Å²) in [7, 11) is 0. The van der Waals surface area contributed by atoms with Crippen molar-refractivity contribution in [3.8, 4) is 0 Å². The van der Waals surface area contributed by atoms with E-state index in [4.69, 9.17) is 4.74 Å². The molecular formula is C16H30O2. The number of hydrogen-bond donors (Lipinski definition) is 0. The van der Waals surface area contributed by atoms with Crippen LogP contribution in [-0.2, 0) is 9.53 Å². The van der Waals surface area contributed by atoms with Gasteiger partial charge in [-0.2, -0.15) is 0 Å². The Hall–Kier alpha value is -0.530. The van der Waals surface area contributed by atoms with Gasteiger partial charge in [-0.3, -0.25) is 4.79 Å². The lowest BCUT2D eigenvalue weighted by molar-refractivity contribution is -0.144. The minimum atomic E-state index is -0.00981. The molecule has 0 saturated heterocycles. The van der Waals surface area contributed by atoms with Gasteiger partial charge in [0.05, 0.1) is 6.61 Å². The molecule has 0 radical (unpaired) electrons. The third-order valence-corrected chi connectivity index (χ3v) is 3.99. The molecule has 0 spiro atoms. The highest BCUT2D eigenvalue weighted by Crippen LogP contribution is 2.26. The predicted octanol–water partition coefficient (Wildman–Crippen LogP) is 4.86. The van der Waals surface area contributed by atoms with Gasteiger partial charge in [-0.05, 0) is 25.7 Å². The van der Waals surface area contributed by atoms with Crippen molar-refractivity contribution in [1.82, 2.24) is 0 Å². The summed E-state index contributed by atoms with van der Waals surface area (Å²) in [5, 5.41) is 0. The fourth-order valence-electron chi connectivity index (χ4n) is 2.91. The SMILES string of the molecule is C1CCCCC1.CCOC(=O)CC1CCCCC1. The van der Waals surface area contributed by atoms with Crippen LogP contribution in [0.1, 0.15) is 84.0 Å². The van der Waals surface area contributed by atoms with Crippen LogP contribution in [0.5, 0.6) is 0 Å². The van der Waals surface area contributed by atoms with Crippen molar-refractivity contribution in [2.75, 3.05) is 6.61 Å². The largest absolute Gasteiger partial charge is 0.466 e. The van der Waals surface area contributed by atoms with Gasteiger partial charge in [0.1, 0.15) is 0 Å². The Bertz CT molecular complexity index is 192. The van der Waals surface area contributed by atoms with Gasteiger partial charge >= 0.3 is 5.97 Å². The first-order valence-corrected chi connectivity index (χ1v) is 7.98. The molecule has 0 aliphatic heterocycles. The van der Waals surface area contributed by atoms with Crippen molar-refractivity contribution < 1.29 is 9.53 Å². The lowest BCUT2D eigenvalue weighted by atomic mass is 9.87. The molecule has 2 saturated carbocycles. The van der Waals surface area contributed by atoms with E-state index in [1.165, 1.54) is 70.6 Å². The molecule has 2 fully saturated rings. The van der Waals surface area contributed by atoms with Crippen molar-refractivity contribution in [3.05, 3.63) is 0 Å². The molecule has 0 aromatic heterocycles. The smallest absolute Gasteiger partial charge is 0.306 e. The van der Waals surface area contributed by atoms with E-state index in [0.29, 0.717) is 18.9 Å². The van der Waals surface area contributed by atoms with Crippen LogP contribution in [0.4, 0.5) is 0 Å². The van der Waals surface area contributed by atoms with Crippen molar-refractivity contribution in [3.63, 3.8) is 0 Å². The number of rotatable bonds is 3. The molecular weight excluding hydrogens is 224 g/mol. The number of esters is 1. The number of ether oxygens (including phenoxy) is 1. The van der Waals surface area contributed by atoms with Gasteiger partial charge < -0.3 is 4.74 Å². The van der Waals surface area contributed by atoms with Gasteiger partial charge in [-0.15, -0.1) is 0 Å². The predicted molar refractivity (Wildman–Crippen MR) is 75.5 cm³/mol. The molecule has 0 bridgehead atoms. The summed E-state index contributed by atoms with van der Waals surface area (Å²) in [6.07, 6.45) is 16.0. The lowest BCUT2D eigenvalue weighted by Crippen LogP contribution is -2.14. The third kappa shape index (κ3) is 7.73. The molecule has 2 rings (SSSR count). The maximum Gasteiger partial charge on any atom is 0.306 e. The van der Waals surface area contributed by atoms with Gasteiger partial charge in [-0.25, -0.2) is 0 Å². The number of hydrogen-bond acceptors (Lipinski definition) is 2. The lowest BCUT2D eigenvalue weighted by Gasteiger charge is -2.20. The van der Waals surface area contributed by atoms with Crippen LogP contribution < -0.4 is 0 Å². The maximum atomic E-state index is 11.1. The highest BCUT2D eigenvalue weighted by Gasteiger charge is 2.17. The summed E-state index contributed by atoms with van der Waals surface area (Å²) >= 11 is 0. The molecule has 0 aromatic carbocycles. The van der Waals surface area contributed by atoms with E-state index in [9.17, 15) is 4.79 Å². The van der Waals surface area contributed by atoms with Gasteiger partial charge in [0.25, 0.3) is 0 Å². The molecule has 2 aliphatic carbocycles. The second-order valence-electron chi connectivity index (χ2n) is 5.63. The van der Waals surface area contributed by atoms with E-state index in [2.05, 4.69) is 0 Å². The zero-order valence-electron chi connectivity index (χ0n) is 12.1. The highest BCUT2D eigenvalue weighted by molar-refractivity contribution is 5.69. The Labute approximate surface area is 112 Å². The summed E-state index contributed by atoms with van der Waals surface area (Å²) in [5.74, 6) is 0.599. The van der Waals surface area contributed by atoms with Crippen LogP contribution in [0, 0.1) is 5.92 Å². The normalized spacial score (nSPS) is 20.7. The second kappa shape index (κ2) is 10.4. The van der Waals surface area contributed by atoms with E-state index in [1.54, 1.807) is 0 Å². The molecule has 0 amide bonds. The molecule has 2 nitrogen and oxygen atoms in total. The van der Waals surface area contributed by atoms with Gasteiger partial charge in [0, 0.05) is 6.42 Å². The maximum absolute atomic E-state index is 11.1.